The first-order valence-electron chi connectivity index (χ1n) is 6.69. The Hall–Kier alpha value is -2.44. The fourth-order valence-electron chi connectivity index (χ4n) is 1.82. The molecule has 3 N–H and O–H groups in total. The van der Waals surface area contributed by atoms with Gasteiger partial charge in [0.2, 0.25) is 0 Å². The monoisotopic (exact) mass is 347 g/mol. The molecule has 0 unspecified atom stereocenters. The van der Waals surface area contributed by atoms with Gasteiger partial charge in [0.25, 0.3) is 11.8 Å². The van der Waals surface area contributed by atoms with Crippen molar-refractivity contribution in [1.29, 1.82) is 0 Å². The molecule has 0 saturated carbocycles. The van der Waals surface area contributed by atoms with Crippen molar-refractivity contribution >= 4 is 46.4 Å². The first-order valence-corrected chi connectivity index (χ1v) is 7.48. The van der Waals surface area contributed by atoms with Crippen LogP contribution in [0.3, 0.4) is 0 Å². The zero-order chi connectivity index (χ0) is 16.8. The van der Waals surface area contributed by atoms with Crippen molar-refractivity contribution in [3.8, 4) is 0 Å². The van der Waals surface area contributed by atoms with Gasteiger partial charge in [0.05, 0.1) is 0 Å². The summed E-state index contributed by atoms with van der Waals surface area (Å²) in [6.07, 6.45) is 0. The van der Waals surface area contributed by atoms with Gasteiger partial charge in [-0.05, 0) is 54.7 Å². The smallest absolute Gasteiger partial charge is 0.257 e. The van der Waals surface area contributed by atoms with E-state index in [1.54, 1.807) is 55.6 Å². The summed E-state index contributed by atoms with van der Waals surface area (Å²) in [5.74, 6) is -0.550. The second-order valence-electron chi connectivity index (χ2n) is 4.58. The summed E-state index contributed by atoms with van der Waals surface area (Å²) in [7, 11) is 1.55. The van der Waals surface area contributed by atoms with Crippen LogP contribution in [-0.4, -0.2) is 24.0 Å². The van der Waals surface area contributed by atoms with Crippen LogP contribution in [0.2, 0.25) is 5.02 Å². The highest BCUT2D eigenvalue weighted by atomic mass is 35.5. The van der Waals surface area contributed by atoms with E-state index in [4.69, 9.17) is 23.8 Å². The zero-order valence-electron chi connectivity index (χ0n) is 12.2. The number of anilines is 1. The molecule has 0 spiro atoms. The van der Waals surface area contributed by atoms with Crippen molar-refractivity contribution in [2.45, 2.75) is 0 Å². The van der Waals surface area contributed by atoms with Gasteiger partial charge >= 0.3 is 0 Å². The maximum absolute atomic E-state index is 12.0. The second-order valence-corrected chi connectivity index (χ2v) is 5.42. The Kier molecular flexibility index (Phi) is 5.67. The molecule has 5 nitrogen and oxygen atoms in total. The summed E-state index contributed by atoms with van der Waals surface area (Å²) in [5, 5.41) is 8.66. The van der Waals surface area contributed by atoms with Crippen LogP contribution in [0.4, 0.5) is 5.69 Å². The average Bonchev–Trinajstić information content (AvgIpc) is 2.54. The van der Waals surface area contributed by atoms with E-state index in [-0.39, 0.29) is 16.9 Å². The van der Waals surface area contributed by atoms with E-state index >= 15 is 0 Å². The van der Waals surface area contributed by atoms with E-state index in [0.29, 0.717) is 21.8 Å². The minimum Gasteiger partial charge on any atom is -0.355 e. The van der Waals surface area contributed by atoms with Crippen LogP contribution >= 0.6 is 23.8 Å². The first-order chi connectivity index (χ1) is 11.0. The molecule has 0 aliphatic heterocycles. The number of thiocarbonyl (C=S) groups is 1. The number of carbonyl (C=O) groups is 2. The second kappa shape index (κ2) is 7.71. The van der Waals surface area contributed by atoms with Gasteiger partial charge in [-0.3, -0.25) is 14.9 Å². The minimum absolute atomic E-state index is 0.138. The van der Waals surface area contributed by atoms with Crippen LogP contribution in [0.25, 0.3) is 0 Å². The van der Waals surface area contributed by atoms with E-state index in [0.717, 1.165) is 0 Å². The van der Waals surface area contributed by atoms with Crippen LogP contribution in [-0.2, 0) is 0 Å². The quantitative estimate of drug-likeness (QED) is 0.747. The molecule has 118 valence electrons. The number of halogens is 1. The summed E-state index contributed by atoms with van der Waals surface area (Å²) in [6.45, 7) is 0. The molecule has 0 atom stereocenters. The van der Waals surface area contributed by atoms with Crippen LogP contribution in [0.1, 0.15) is 20.7 Å². The van der Waals surface area contributed by atoms with E-state index in [9.17, 15) is 9.59 Å². The Morgan fingerprint density at radius 3 is 2.35 bits per heavy atom. The Morgan fingerprint density at radius 2 is 1.70 bits per heavy atom. The lowest BCUT2D eigenvalue weighted by molar-refractivity contribution is 0.0959. The van der Waals surface area contributed by atoms with Gasteiger partial charge in [-0.1, -0.05) is 17.7 Å². The summed E-state index contributed by atoms with van der Waals surface area (Å²) in [6, 6.07) is 13.2. The van der Waals surface area contributed by atoms with Crippen molar-refractivity contribution in [3.05, 3.63) is 64.7 Å². The van der Waals surface area contributed by atoms with Gasteiger partial charge in [0.1, 0.15) is 0 Å². The number of hydrogen-bond donors (Lipinski definition) is 3. The highest BCUT2D eigenvalue weighted by molar-refractivity contribution is 7.80. The highest BCUT2D eigenvalue weighted by Crippen LogP contribution is 2.11. The molecular formula is C16H14ClN3O2S. The molecule has 0 saturated heterocycles. The van der Waals surface area contributed by atoms with Gasteiger partial charge in [0, 0.05) is 28.9 Å². The molecule has 2 rings (SSSR count). The molecule has 0 aliphatic rings. The normalized spacial score (nSPS) is 9.83. The van der Waals surface area contributed by atoms with E-state index in [1.165, 1.54) is 0 Å². The fourth-order valence-corrected chi connectivity index (χ4v) is 2.16. The molecule has 7 heteroatoms. The number of hydrogen-bond acceptors (Lipinski definition) is 3. The first kappa shape index (κ1) is 16.9. The number of amides is 2. The van der Waals surface area contributed by atoms with Crippen molar-refractivity contribution in [2.75, 3.05) is 12.4 Å². The van der Waals surface area contributed by atoms with Crippen LogP contribution in [0, 0.1) is 0 Å². The number of carbonyl (C=O) groups excluding carboxylic acids is 2. The molecule has 0 aliphatic carbocycles. The molecule has 0 radical (unpaired) electrons. The lowest BCUT2D eigenvalue weighted by atomic mass is 10.2. The Morgan fingerprint density at radius 1 is 1.00 bits per heavy atom. The molecule has 0 bridgehead atoms. The third-order valence-electron chi connectivity index (χ3n) is 2.94. The lowest BCUT2D eigenvalue weighted by Crippen LogP contribution is -2.34. The van der Waals surface area contributed by atoms with E-state index in [2.05, 4.69) is 16.0 Å². The molecule has 2 aromatic rings. The van der Waals surface area contributed by atoms with Crippen molar-refractivity contribution < 1.29 is 9.59 Å². The lowest BCUT2D eigenvalue weighted by Gasteiger charge is -2.10. The minimum atomic E-state index is -0.346. The predicted octanol–water partition coefficient (Wildman–Crippen LogP) is 2.83. The highest BCUT2D eigenvalue weighted by Gasteiger charge is 2.09. The molecule has 0 aromatic heterocycles. The van der Waals surface area contributed by atoms with Crippen LogP contribution in [0.15, 0.2) is 48.5 Å². The summed E-state index contributed by atoms with van der Waals surface area (Å²) >= 11 is 10.9. The largest absolute Gasteiger partial charge is 0.355 e. The molecule has 2 aromatic carbocycles. The third-order valence-corrected chi connectivity index (χ3v) is 3.40. The van der Waals surface area contributed by atoms with Gasteiger partial charge in [0.15, 0.2) is 5.11 Å². The Balaban J connectivity index is 2.00. The number of nitrogens with one attached hydrogen (secondary N) is 3. The zero-order valence-corrected chi connectivity index (χ0v) is 13.8. The van der Waals surface area contributed by atoms with Gasteiger partial charge in [-0.15, -0.1) is 0 Å². The summed E-state index contributed by atoms with van der Waals surface area (Å²) in [4.78, 5) is 23.6. The number of benzene rings is 2. The van der Waals surface area contributed by atoms with E-state index < -0.39 is 0 Å². The molecule has 2 amide bonds. The number of rotatable bonds is 3. The van der Waals surface area contributed by atoms with Crippen LogP contribution in [0.5, 0.6) is 0 Å². The van der Waals surface area contributed by atoms with Gasteiger partial charge in [-0.25, -0.2) is 0 Å². The van der Waals surface area contributed by atoms with Crippen LogP contribution < -0.4 is 16.0 Å². The molecular weight excluding hydrogens is 334 g/mol. The van der Waals surface area contributed by atoms with Crippen molar-refractivity contribution in [2.24, 2.45) is 0 Å². The van der Waals surface area contributed by atoms with Crippen molar-refractivity contribution in [3.63, 3.8) is 0 Å². The molecule has 23 heavy (non-hydrogen) atoms. The Labute approximate surface area is 144 Å². The Bertz CT molecular complexity index is 747. The topological polar surface area (TPSA) is 70.2 Å². The molecule has 0 fully saturated rings. The maximum Gasteiger partial charge on any atom is 0.257 e. The average molecular weight is 348 g/mol. The summed E-state index contributed by atoms with van der Waals surface area (Å²) < 4.78 is 0. The predicted molar refractivity (Wildman–Crippen MR) is 95.0 cm³/mol. The summed E-state index contributed by atoms with van der Waals surface area (Å²) in [5.41, 5.74) is 1.54. The standard InChI is InChI=1S/C16H14ClN3O2S/c1-18-14(21)11-3-2-4-13(9-11)19-16(23)20-15(22)10-5-7-12(17)8-6-10/h2-9H,1H3,(H,18,21)(H2,19,20,22,23). The van der Waals surface area contributed by atoms with Crippen molar-refractivity contribution in [1.82, 2.24) is 10.6 Å². The van der Waals surface area contributed by atoms with Gasteiger partial charge < -0.3 is 10.6 Å². The SMILES string of the molecule is CNC(=O)c1cccc(NC(=S)NC(=O)c2ccc(Cl)cc2)c1. The maximum atomic E-state index is 12.0. The van der Waals surface area contributed by atoms with E-state index in [1.807, 2.05) is 0 Å². The fraction of sp³-hybridized carbons (Fsp3) is 0.0625. The molecule has 0 heterocycles. The van der Waals surface area contributed by atoms with Gasteiger partial charge in [-0.2, -0.15) is 0 Å². The third kappa shape index (κ3) is 4.77.